The molecule has 1 N–H and O–H groups in total. The molecular formula is C22H27N3O3S. The van der Waals surface area contributed by atoms with Crippen LogP contribution in [0.1, 0.15) is 46.8 Å². The number of fused-ring (bicyclic) bond motifs is 1. The summed E-state index contributed by atoms with van der Waals surface area (Å²) in [5, 5.41) is 8.31. The Kier molecular flexibility index (Phi) is 6.69. The molecule has 154 valence electrons. The molecule has 0 bridgehead atoms. The molecule has 1 aromatic carbocycles. The molecule has 0 saturated carbocycles. The second-order valence-electron chi connectivity index (χ2n) is 7.67. The highest BCUT2D eigenvalue weighted by Gasteiger charge is 2.18. The molecule has 0 atom stereocenters. The number of aryl methyl sites for hydroxylation is 2. The number of carbonyl (C=O) groups excluding carboxylic acids is 2. The van der Waals surface area contributed by atoms with Crippen molar-refractivity contribution < 1.29 is 14.3 Å². The first-order valence-electron chi connectivity index (χ1n) is 9.80. The van der Waals surface area contributed by atoms with Gasteiger partial charge in [-0.1, -0.05) is 43.7 Å². The number of aromatic nitrogens is 2. The van der Waals surface area contributed by atoms with E-state index in [1.165, 1.54) is 16.9 Å². The number of esters is 1. The van der Waals surface area contributed by atoms with Gasteiger partial charge in [0.1, 0.15) is 9.71 Å². The summed E-state index contributed by atoms with van der Waals surface area (Å²) in [7, 11) is 0. The Labute approximate surface area is 174 Å². The van der Waals surface area contributed by atoms with Gasteiger partial charge in [0, 0.05) is 11.9 Å². The van der Waals surface area contributed by atoms with E-state index >= 15 is 0 Å². The first kappa shape index (κ1) is 21.0. The SMILES string of the molecule is Cc1ccc(Cn2nc(C)c3cc(C(=O)OCC(=O)NCCC(C)C)sc32)cc1. The Morgan fingerprint density at radius 2 is 1.93 bits per heavy atom. The van der Waals surface area contributed by atoms with Gasteiger partial charge in [0.05, 0.1) is 12.2 Å². The van der Waals surface area contributed by atoms with E-state index in [0.717, 1.165) is 27.9 Å². The van der Waals surface area contributed by atoms with E-state index in [2.05, 4.69) is 55.5 Å². The van der Waals surface area contributed by atoms with Crippen LogP contribution in [0.25, 0.3) is 10.2 Å². The number of amides is 1. The molecule has 29 heavy (non-hydrogen) atoms. The summed E-state index contributed by atoms with van der Waals surface area (Å²) in [4.78, 5) is 25.6. The van der Waals surface area contributed by atoms with Crippen LogP contribution in [0, 0.1) is 19.8 Å². The summed E-state index contributed by atoms with van der Waals surface area (Å²) in [6.45, 7) is 9.13. The van der Waals surface area contributed by atoms with Crippen LogP contribution < -0.4 is 5.32 Å². The maximum absolute atomic E-state index is 12.4. The van der Waals surface area contributed by atoms with Crippen molar-refractivity contribution in [2.45, 2.75) is 40.7 Å². The minimum atomic E-state index is -0.480. The predicted molar refractivity (Wildman–Crippen MR) is 115 cm³/mol. The summed E-state index contributed by atoms with van der Waals surface area (Å²) >= 11 is 1.34. The molecule has 0 unspecified atom stereocenters. The summed E-state index contributed by atoms with van der Waals surface area (Å²) in [6, 6.07) is 10.1. The third kappa shape index (κ3) is 5.44. The predicted octanol–water partition coefficient (Wildman–Crippen LogP) is 4.08. The van der Waals surface area contributed by atoms with Crippen LogP contribution in [-0.4, -0.2) is 34.8 Å². The van der Waals surface area contributed by atoms with Gasteiger partial charge in [0.15, 0.2) is 6.61 Å². The zero-order chi connectivity index (χ0) is 21.0. The Morgan fingerprint density at radius 1 is 1.21 bits per heavy atom. The molecule has 0 radical (unpaired) electrons. The fourth-order valence-corrected chi connectivity index (χ4v) is 4.00. The molecule has 0 fully saturated rings. The van der Waals surface area contributed by atoms with Crippen LogP contribution in [0.2, 0.25) is 0 Å². The van der Waals surface area contributed by atoms with Crippen molar-refractivity contribution in [2.75, 3.05) is 13.2 Å². The maximum atomic E-state index is 12.4. The van der Waals surface area contributed by atoms with Crippen molar-refractivity contribution in [3.63, 3.8) is 0 Å². The van der Waals surface area contributed by atoms with Gasteiger partial charge in [-0.2, -0.15) is 5.10 Å². The number of nitrogens with zero attached hydrogens (tertiary/aromatic N) is 2. The van der Waals surface area contributed by atoms with Gasteiger partial charge in [-0.05, 0) is 37.8 Å². The first-order valence-corrected chi connectivity index (χ1v) is 10.6. The van der Waals surface area contributed by atoms with E-state index in [1.807, 2.05) is 11.6 Å². The monoisotopic (exact) mass is 413 g/mol. The lowest BCUT2D eigenvalue weighted by Crippen LogP contribution is -2.30. The van der Waals surface area contributed by atoms with E-state index in [1.54, 1.807) is 6.07 Å². The number of hydrogen-bond donors (Lipinski definition) is 1. The van der Waals surface area contributed by atoms with E-state index in [-0.39, 0.29) is 12.5 Å². The first-order chi connectivity index (χ1) is 13.8. The van der Waals surface area contributed by atoms with Gasteiger partial charge in [-0.15, -0.1) is 11.3 Å². The second kappa shape index (κ2) is 9.22. The van der Waals surface area contributed by atoms with Crippen LogP contribution in [0.4, 0.5) is 0 Å². The second-order valence-corrected chi connectivity index (χ2v) is 8.70. The Balaban J connectivity index is 1.65. The molecule has 3 aromatic rings. The van der Waals surface area contributed by atoms with Crippen LogP contribution in [0.5, 0.6) is 0 Å². The summed E-state index contributed by atoms with van der Waals surface area (Å²) < 4.78 is 7.10. The summed E-state index contributed by atoms with van der Waals surface area (Å²) in [5.41, 5.74) is 3.23. The lowest BCUT2D eigenvalue weighted by atomic mass is 10.1. The number of thiophene rings is 1. The average Bonchev–Trinajstić information content (AvgIpc) is 3.23. The highest BCUT2D eigenvalue weighted by atomic mass is 32.1. The minimum absolute atomic E-state index is 0.264. The standard InChI is InChI=1S/C22H27N3O3S/c1-14(2)9-10-23-20(26)13-28-22(27)19-11-18-16(4)24-25(21(18)29-19)12-17-7-5-15(3)6-8-17/h5-8,11,14H,9-10,12-13H2,1-4H3,(H,23,26). The molecular weight excluding hydrogens is 386 g/mol. The molecule has 0 aliphatic rings. The Morgan fingerprint density at radius 3 is 2.62 bits per heavy atom. The summed E-state index contributed by atoms with van der Waals surface area (Å²) in [5.74, 6) is -0.243. The Bertz CT molecular complexity index is 1000. The van der Waals surface area contributed by atoms with Crippen molar-refractivity contribution >= 4 is 33.4 Å². The molecule has 3 rings (SSSR count). The van der Waals surface area contributed by atoms with Crippen LogP contribution in [0.15, 0.2) is 30.3 Å². The van der Waals surface area contributed by atoms with Crippen LogP contribution in [0.3, 0.4) is 0 Å². The third-order valence-electron chi connectivity index (χ3n) is 4.64. The third-order valence-corrected chi connectivity index (χ3v) is 5.77. The van der Waals surface area contributed by atoms with Crippen molar-refractivity contribution in [1.82, 2.24) is 15.1 Å². The molecule has 0 saturated heterocycles. The zero-order valence-electron chi connectivity index (χ0n) is 17.3. The van der Waals surface area contributed by atoms with Crippen molar-refractivity contribution in [3.8, 4) is 0 Å². The number of rotatable bonds is 8. The number of benzene rings is 1. The highest BCUT2D eigenvalue weighted by molar-refractivity contribution is 7.20. The molecule has 0 aliphatic carbocycles. The normalized spacial score (nSPS) is 11.2. The van der Waals surface area contributed by atoms with E-state index in [4.69, 9.17) is 4.74 Å². The fourth-order valence-electron chi connectivity index (χ4n) is 2.94. The molecule has 2 aromatic heterocycles. The molecule has 6 nitrogen and oxygen atoms in total. The lowest BCUT2D eigenvalue weighted by Gasteiger charge is -2.07. The van der Waals surface area contributed by atoms with Gasteiger partial charge in [0.2, 0.25) is 0 Å². The minimum Gasteiger partial charge on any atom is -0.451 e. The van der Waals surface area contributed by atoms with Crippen LogP contribution in [-0.2, 0) is 16.1 Å². The van der Waals surface area contributed by atoms with Gasteiger partial charge in [-0.3, -0.25) is 9.48 Å². The molecule has 0 spiro atoms. The van der Waals surface area contributed by atoms with Gasteiger partial charge in [-0.25, -0.2) is 4.79 Å². The number of ether oxygens (including phenoxy) is 1. The van der Waals surface area contributed by atoms with Crippen molar-refractivity contribution in [1.29, 1.82) is 0 Å². The van der Waals surface area contributed by atoms with Crippen molar-refractivity contribution in [2.24, 2.45) is 5.92 Å². The maximum Gasteiger partial charge on any atom is 0.348 e. The van der Waals surface area contributed by atoms with Gasteiger partial charge in [0.25, 0.3) is 5.91 Å². The lowest BCUT2D eigenvalue weighted by molar-refractivity contribution is -0.124. The average molecular weight is 414 g/mol. The molecule has 0 aliphatic heterocycles. The molecule has 2 heterocycles. The Hall–Kier alpha value is -2.67. The largest absolute Gasteiger partial charge is 0.451 e. The smallest absolute Gasteiger partial charge is 0.348 e. The van der Waals surface area contributed by atoms with Gasteiger partial charge >= 0.3 is 5.97 Å². The quantitative estimate of drug-likeness (QED) is 0.565. The zero-order valence-corrected chi connectivity index (χ0v) is 18.1. The van der Waals surface area contributed by atoms with Crippen LogP contribution >= 0.6 is 11.3 Å². The molecule has 1 amide bonds. The highest BCUT2D eigenvalue weighted by Crippen LogP contribution is 2.29. The molecule has 7 heteroatoms. The summed E-state index contributed by atoms with van der Waals surface area (Å²) in [6.07, 6.45) is 0.896. The van der Waals surface area contributed by atoms with Gasteiger partial charge < -0.3 is 10.1 Å². The number of hydrogen-bond acceptors (Lipinski definition) is 5. The van der Waals surface area contributed by atoms with Crippen molar-refractivity contribution in [3.05, 3.63) is 52.0 Å². The fraction of sp³-hybridized carbons (Fsp3) is 0.409. The van der Waals surface area contributed by atoms with E-state index in [0.29, 0.717) is 23.9 Å². The number of carbonyl (C=O) groups is 2. The number of nitrogens with one attached hydrogen (secondary N) is 1. The van der Waals surface area contributed by atoms with E-state index in [9.17, 15) is 9.59 Å². The van der Waals surface area contributed by atoms with E-state index < -0.39 is 5.97 Å². The topological polar surface area (TPSA) is 73.2 Å².